The fourth-order valence-corrected chi connectivity index (χ4v) is 2.69. The van der Waals surface area contributed by atoms with Crippen molar-refractivity contribution in [2.75, 3.05) is 17.3 Å². The summed E-state index contributed by atoms with van der Waals surface area (Å²) in [5.41, 5.74) is 0.190. The smallest absolute Gasteiger partial charge is 0.287 e. The van der Waals surface area contributed by atoms with Crippen molar-refractivity contribution < 1.29 is 4.21 Å². The average Bonchev–Trinajstić information content (AvgIpc) is 2.27. The van der Waals surface area contributed by atoms with Gasteiger partial charge in [-0.25, -0.2) is 4.68 Å². The molecule has 2 atom stereocenters. The maximum Gasteiger partial charge on any atom is 0.287 e. The lowest BCUT2D eigenvalue weighted by molar-refractivity contribution is 0.464. The van der Waals surface area contributed by atoms with Crippen LogP contribution in [0.15, 0.2) is 11.0 Å². The predicted molar refractivity (Wildman–Crippen MR) is 80.4 cm³/mol. The molecule has 0 spiro atoms. The van der Waals surface area contributed by atoms with Gasteiger partial charge in [0.1, 0.15) is 5.02 Å². The van der Waals surface area contributed by atoms with Gasteiger partial charge in [0.2, 0.25) is 0 Å². The second-order valence-electron chi connectivity index (χ2n) is 5.04. The zero-order valence-corrected chi connectivity index (χ0v) is 13.2. The number of nitrogens with one attached hydrogen (secondary N) is 1. The van der Waals surface area contributed by atoms with E-state index < -0.39 is 10.8 Å². The standard InChI is InChI=1S/C12H20ClN3O2S/c1-8(2)6-16-12(17)11(13)10(5-14-16)15-9(3)7-19(4)18/h5,8-9,15H,6-7H2,1-4H3. The van der Waals surface area contributed by atoms with Crippen molar-refractivity contribution in [3.05, 3.63) is 21.6 Å². The molecule has 0 saturated carbocycles. The minimum atomic E-state index is -0.903. The van der Waals surface area contributed by atoms with Crippen LogP contribution in [0, 0.1) is 5.92 Å². The Morgan fingerprint density at radius 3 is 2.63 bits per heavy atom. The van der Waals surface area contributed by atoms with Gasteiger partial charge < -0.3 is 5.32 Å². The van der Waals surface area contributed by atoms with E-state index in [-0.39, 0.29) is 16.6 Å². The molecule has 2 unspecified atom stereocenters. The van der Waals surface area contributed by atoms with E-state index in [9.17, 15) is 9.00 Å². The van der Waals surface area contributed by atoms with E-state index in [2.05, 4.69) is 10.4 Å². The molecule has 0 bridgehead atoms. The quantitative estimate of drug-likeness (QED) is 0.869. The Kier molecular flexibility index (Phi) is 6.00. The number of rotatable bonds is 6. The summed E-state index contributed by atoms with van der Waals surface area (Å²) in [5.74, 6) is 0.812. The molecule has 0 saturated heterocycles. The van der Waals surface area contributed by atoms with Gasteiger partial charge in [0.25, 0.3) is 5.56 Å². The van der Waals surface area contributed by atoms with Gasteiger partial charge in [0.15, 0.2) is 0 Å². The summed E-state index contributed by atoms with van der Waals surface area (Å²) in [6.07, 6.45) is 3.18. The van der Waals surface area contributed by atoms with Gasteiger partial charge in [-0.1, -0.05) is 25.4 Å². The fraction of sp³-hybridized carbons (Fsp3) is 0.667. The first-order valence-corrected chi connectivity index (χ1v) is 8.24. The maximum atomic E-state index is 12.0. The summed E-state index contributed by atoms with van der Waals surface area (Å²) in [7, 11) is -0.903. The number of hydrogen-bond donors (Lipinski definition) is 1. The van der Waals surface area contributed by atoms with Gasteiger partial charge in [-0.2, -0.15) is 5.10 Å². The van der Waals surface area contributed by atoms with E-state index in [0.29, 0.717) is 23.9 Å². The van der Waals surface area contributed by atoms with Gasteiger partial charge in [-0.15, -0.1) is 0 Å². The number of aromatic nitrogens is 2. The van der Waals surface area contributed by atoms with Crippen LogP contribution in [-0.2, 0) is 17.3 Å². The average molecular weight is 306 g/mol. The third kappa shape index (κ3) is 4.95. The van der Waals surface area contributed by atoms with E-state index in [1.165, 1.54) is 4.68 Å². The molecule has 0 aliphatic carbocycles. The molecular weight excluding hydrogens is 286 g/mol. The maximum absolute atomic E-state index is 12.0. The molecule has 7 heteroatoms. The Morgan fingerprint density at radius 1 is 1.47 bits per heavy atom. The second kappa shape index (κ2) is 7.05. The van der Waals surface area contributed by atoms with Crippen LogP contribution < -0.4 is 10.9 Å². The normalized spacial score (nSPS) is 14.4. The van der Waals surface area contributed by atoms with Crippen LogP contribution >= 0.6 is 11.6 Å². The third-order valence-corrected chi connectivity index (χ3v) is 3.74. The van der Waals surface area contributed by atoms with Crippen LogP contribution in [0.5, 0.6) is 0 Å². The first kappa shape index (κ1) is 16.2. The Bertz CT molecular complexity index is 516. The highest BCUT2D eigenvalue weighted by Crippen LogP contribution is 2.16. The second-order valence-corrected chi connectivity index (χ2v) is 6.90. The first-order valence-electron chi connectivity index (χ1n) is 6.13. The minimum absolute atomic E-state index is 0.0366. The monoisotopic (exact) mass is 305 g/mol. The molecule has 108 valence electrons. The molecule has 0 fully saturated rings. The van der Waals surface area contributed by atoms with Crippen molar-refractivity contribution in [3.63, 3.8) is 0 Å². The zero-order chi connectivity index (χ0) is 14.6. The summed E-state index contributed by atoms with van der Waals surface area (Å²) in [6, 6.07) is -0.0366. The van der Waals surface area contributed by atoms with Crippen LogP contribution in [0.4, 0.5) is 5.69 Å². The van der Waals surface area contributed by atoms with Crippen LogP contribution in [0.25, 0.3) is 0 Å². The molecule has 1 aromatic rings. The van der Waals surface area contributed by atoms with E-state index in [1.807, 2.05) is 20.8 Å². The molecule has 1 N–H and O–H groups in total. The van der Waals surface area contributed by atoms with E-state index in [0.717, 1.165) is 0 Å². The molecule has 0 amide bonds. The van der Waals surface area contributed by atoms with Crippen molar-refractivity contribution in [1.82, 2.24) is 9.78 Å². The molecule has 0 aromatic carbocycles. The first-order chi connectivity index (χ1) is 8.81. The van der Waals surface area contributed by atoms with Crippen LogP contribution in [-0.4, -0.2) is 32.0 Å². The van der Waals surface area contributed by atoms with Crippen LogP contribution in [0.2, 0.25) is 5.02 Å². The van der Waals surface area contributed by atoms with Crippen molar-refractivity contribution in [2.24, 2.45) is 5.92 Å². The molecule has 0 radical (unpaired) electrons. The highest BCUT2D eigenvalue weighted by Gasteiger charge is 2.12. The lowest BCUT2D eigenvalue weighted by Crippen LogP contribution is -2.28. The Labute approximate surface area is 120 Å². The summed E-state index contributed by atoms with van der Waals surface area (Å²) >= 11 is 6.05. The summed E-state index contributed by atoms with van der Waals surface area (Å²) in [6.45, 7) is 6.43. The van der Waals surface area contributed by atoms with Gasteiger partial charge >= 0.3 is 0 Å². The molecule has 1 rings (SSSR count). The zero-order valence-electron chi connectivity index (χ0n) is 11.6. The van der Waals surface area contributed by atoms with Crippen molar-refractivity contribution in [2.45, 2.75) is 33.4 Å². The lowest BCUT2D eigenvalue weighted by atomic mass is 10.2. The van der Waals surface area contributed by atoms with Gasteiger partial charge in [0.05, 0.1) is 11.9 Å². The van der Waals surface area contributed by atoms with Gasteiger partial charge in [-0.3, -0.25) is 9.00 Å². The van der Waals surface area contributed by atoms with E-state index in [4.69, 9.17) is 11.6 Å². The number of anilines is 1. The molecule has 1 heterocycles. The van der Waals surface area contributed by atoms with Crippen LogP contribution in [0.3, 0.4) is 0 Å². The molecule has 5 nitrogen and oxygen atoms in total. The van der Waals surface area contributed by atoms with Gasteiger partial charge in [-0.05, 0) is 12.8 Å². The highest BCUT2D eigenvalue weighted by atomic mass is 35.5. The number of halogens is 1. The molecular formula is C12H20ClN3O2S. The van der Waals surface area contributed by atoms with Crippen LogP contribution in [0.1, 0.15) is 20.8 Å². The largest absolute Gasteiger partial charge is 0.379 e. The highest BCUT2D eigenvalue weighted by molar-refractivity contribution is 7.84. The Balaban J connectivity index is 2.90. The van der Waals surface area contributed by atoms with E-state index in [1.54, 1.807) is 12.5 Å². The van der Waals surface area contributed by atoms with Crippen molar-refractivity contribution in [3.8, 4) is 0 Å². The van der Waals surface area contributed by atoms with Crippen molar-refractivity contribution >= 4 is 28.1 Å². The third-order valence-electron chi connectivity index (χ3n) is 2.41. The topological polar surface area (TPSA) is 64.0 Å². The van der Waals surface area contributed by atoms with Gasteiger partial charge in [0, 0.05) is 35.4 Å². The predicted octanol–water partition coefficient (Wildman–Crippen LogP) is 1.73. The number of nitrogens with zero attached hydrogens (tertiary/aromatic N) is 2. The SMILES string of the molecule is CC(C)Cn1ncc(NC(C)CS(C)=O)c(Cl)c1=O. The van der Waals surface area contributed by atoms with E-state index >= 15 is 0 Å². The fourth-order valence-electron chi connectivity index (χ4n) is 1.70. The molecule has 0 aliphatic rings. The molecule has 1 aromatic heterocycles. The summed E-state index contributed by atoms with van der Waals surface area (Å²) < 4.78 is 12.5. The van der Waals surface area contributed by atoms with Crippen molar-refractivity contribution in [1.29, 1.82) is 0 Å². The lowest BCUT2D eigenvalue weighted by Gasteiger charge is -2.15. The summed E-state index contributed by atoms with van der Waals surface area (Å²) in [4.78, 5) is 12.0. The molecule has 0 aliphatic heterocycles. The Hall–Kier alpha value is -0.880. The minimum Gasteiger partial charge on any atom is -0.379 e. The summed E-state index contributed by atoms with van der Waals surface area (Å²) in [5, 5.41) is 7.28. The molecule has 19 heavy (non-hydrogen) atoms. The Morgan fingerprint density at radius 2 is 2.11 bits per heavy atom. The number of hydrogen-bond acceptors (Lipinski definition) is 4.